The molecule has 0 saturated carbocycles. The summed E-state index contributed by atoms with van der Waals surface area (Å²) in [4.78, 5) is 0. The lowest BCUT2D eigenvalue weighted by Crippen LogP contribution is -2.36. The van der Waals surface area contributed by atoms with Gasteiger partial charge in [0.1, 0.15) is 0 Å². The van der Waals surface area contributed by atoms with Crippen molar-refractivity contribution in [1.29, 1.82) is 0 Å². The monoisotopic (exact) mass is 195 g/mol. The molecule has 0 unspecified atom stereocenters. The molecule has 0 fully saturated rings. The van der Waals surface area contributed by atoms with E-state index >= 15 is 0 Å². The molecule has 2 rings (SSSR count). The van der Waals surface area contributed by atoms with E-state index in [-0.39, 0.29) is 0 Å². The van der Waals surface area contributed by atoms with E-state index in [4.69, 9.17) is 4.74 Å². The zero-order chi connectivity index (χ0) is 9.97. The van der Waals surface area contributed by atoms with Gasteiger partial charge in [-0.2, -0.15) is 5.10 Å². The largest absolute Gasteiger partial charge is 0.375 e. The highest BCUT2D eigenvalue weighted by Gasteiger charge is 2.15. The van der Waals surface area contributed by atoms with Gasteiger partial charge < -0.3 is 10.1 Å². The lowest BCUT2D eigenvalue weighted by molar-refractivity contribution is 0.130. The topological polar surface area (TPSA) is 39.1 Å². The van der Waals surface area contributed by atoms with Crippen LogP contribution in [-0.4, -0.2) is 22.4 Å². The van der Waals surface area contributed by atoms with Crippen molar-refractivity contribution in [2.45, 2.75) is 39.6 Å². The fourth-order valence-electron chi connectivity index (χ4n) is 1.70. The number of ether oxygens (including phenoxy) is 1. The molecule has 0 aromatic carbocycles. The quantitative estimate of drug-likeness (QED) is 0.779. The van der Waals surface area contributed by atoms with Gasteiger partial charge in [-0.25, -0.2) is 0 Å². The fourth-order valence-corrected chi connectivity index (χ4v) is 1.70. The van der Waals surface area contributed by atoms with Gasteiger partial charge in [-0.05, 0) is 19.9 Å². The minimum Gasteiger partial charge on any atom is -0.375 e. The van der Waals surface area contributed by atoms with Crippen molar-refractivity contribution in [3.8, 4) is 0 Å². The first-order valence-electron chi connectivity index (χ1n) is 5.16. The maximum absolute atomic E-state index is 5.33. The normalized spacial score (nSPS) is 20.9. The van der Waals surface area contributed by atoms with E-state index in [9.17, 15) is 0 Å². The standard InChI is InChI=1S/C10H17N3O/c1-3-14-7-9-4-10-5-11-8(2)6-13(10)12-9/h4,8,11H,3,5-7H2,1-2H3/t8-/m0/s1. The summed E-state index contributed by atoms with van der Waals surface area (Å²) in [5.74, 6) is 0. The average molecular weight is 195 g/mol. The molecule has 0 aliphatic carbocycles. The van der Waals surface area contributed by atoms with Gasteiger partial charge in [0.05, 0.1) is 24.5 Å². The Morgan fingerprint density at radius 3 is 3.36 bits per heavy atom. The Labute approximate surface area is 84.3 Å². The van der Waals surface area contributed by atoms with Crippen molar-refractivity contribution in [3.05, 3.63) is 17.5 Å². The summed E-state index contributed by atoms with van der Waals surface area (Å²) < 4.78 is 7.41. The van der Waals surface area contributed by atoms with Crippen molar-refractivity contribution < 1.29 is 4.74 Å². The van der Waals surface area contributed by atoms with E-state index in [0.29, 0.717) is 12.6 Å². The van der Waals surface area contributed by atoms with Gasteiger partial charge in [0, 0.05) is 19.2 Å². The van der Waals surface area contributed by atoms with Crippen LogP contribution >= 0.6 is 0 Å². The van der Waals surface area contributed by atoms with Gasteiger partial charge in [0.25, 0.3) is 0 Å². The van der Waals surface area contributed by atoms with E-state index < -0.39 is 0 Å². The Bertz CT molecular complexity index is 308. The second-order valence-corrected chi connectivity index (χ2v) is 3.73. The molecule has 4 nitrogen and oxygen atoms in total. The fraction of sp³-hybridized carbons (Fsp3) is 0.700. The molecule has 1 aromatic rings. The SMILES string of the molecule is CCOCc1cc2n(n1)C[C@H](C)NC2. The maximum atomic E-state index is 5.33. The van der Waals surface area contributed by atoms with Crippen LogP contribution in [0.5, 0.6) is 0 Å². The van der Waals surface area contributed by atoms with Gasteiger partial charge in [0.15, 0.2) is 0 Å². The molecular formula is C10H17N3O. The second kappa shape index (κ2) is 4.11. The Kier molecular flexibility index (Phi) is 2.84. The molecule has 2 heterocycles. The highest BCUT2D eigenvalue weighted by molar-refractivity contribution is 5.11. The van der Waals surface area contributed by atoms with Crippen LogP contribution < -0.4 is 5.32 Å². The first-order valence-corrected chi connectivity index (χ1v) is 5.16. The van der Waals surface area contributed by atoms with Crippen LogP contribution in [0.1, 0.15) is 25.2 Å². The zero-order valence-corrected chi connectivity index (χ0v) is 8.79. The van der Waals surface area contributed by atoms with E-state index in [1.807, 2.05) is 6.92 Å². The van der Waals surface area contributed by atoms with Crippen molar-refractivity contribution in [2.75, 3.05) is 6.61 Å². The molecule has 0 amide bonds. The maximum Gasteiger partial charge on any atom is 0.0906 e. The van der Waals surface area contributed by atoms with Gasteiger partial charge in [-0.15, -0.1) is 0 Å². The highest BCUT2D eigenvalue weighted by atomic mass is 16.5. The van der Waals surface area contributed by atoms with Crippen LogP contribution in [0, 0.1) is 0 Å². The molecule has 0 radical (unpaired) electrons. The summed E-state index contributed by atoms with van der Waals surface area (Å²) in [5.41, 5.74) is 2.30. The molecule has 1 aliphatic rings. The molecule has 4 heteroatoms. The summed E-state index contributed by atoms with van der Waals surface area (Å²) >= 11 is 0. The number of rotatable bonds is 3. The number of hydrogen-bond acceptors (Lipinski definition) is 3. The molecule has 1 atom stereocenters. The zero-order valence-electron chi connectivity index (χ0n) is 8.79. The molecule has 1 aliphatic heterocycles. The van der Waals surface area contributed by atoms with Crippen molar-refractivity contribution in [3.63, 3.8) is 0 Å². The van der Waals surface area contributed by atoms with Crippen LogP contribution in [-0.2, 0) is 24.4 Å². The summed E-state index contributed by atoms with van der Waals surface area (Å²) in [5, 5.41) is 7.90. The van der Waals surface area contributed by atoms with Gasteiger partial charge in [-0.3, -0.25) is 4.68 Å². The predicted molar refractivity (Wildman–Crippen MR) is 53.9 cm³/mol. The van der Waals surface area contributed by atoms with Crippen molar-refractivity contribution in [2.24, 2.45) is 0 Å². The van der Waals surface area contributed by atoms with Crippen LogP contribution in [0.3, 0.4) is 0 Å². The molecule has 0 bridgehead atoms. The van der Waals surface area contributed by atoms with Gasteiger partial charge >= 0.3 is 0 Å². The molecule has 0 spiro atoms. The van der Waals surface area contributed by atoms with E-state index in [1.165, 1.54) is 5.69 Å². The molecule has 1 aromatic heterocycles. The Morgan fingerprint density at radius 2 is 2.57 bits per heavy atom. The molecule has 1 N–H and O–H groups in total. The minimum absolute atomic E-state index is 0.516. The Hall–Kier alpha value is -0.870. The number of nitrogens with zero attached hydrogens (tertiary/aromatic N) is 2. The first-order chi connectivity index (χ1) is 6.79. The van der Waals surface area contributed by atoms with E-state index in [2.05, 4.69) is 28.1 Å². The third kappa shape index (κ3) is 1.96. The minimum atomic E-state index is 0.516. The molecule has 78 valence electrons. The predicted octanol–water partition coefficient (Wildman–Crippen LogP) is 0.911. The van der Waals surface area contributed by atoms with Gasteiger partial charge in [0.2, 0.25) is 0 Å². The lowest BCUT2D eigenvalue weighted by atomic mass is 10.2. The van der Waals surface area contributed by atoms with Crippen LogP contribution in [0.25, 0.3) is 0 Å². The smallest absolute Gasteiger partial charge is 0.0906 e. The van der Waals surface area contributed by atoms with Crippen LogP contribution in [0.2, 0.25) is 0 Å². The number of nitrogens with one attached hydrogen (secondary N) is 1. The third-order valence-electron chi connectivity index (χ3n) is 2.45. The Morgan fingerprint density at radius 1 is 1.71 bits per heavy atom. The van der Waals surface area contributed by atoms with Crippen LogP contribution in [0.15, 0.2) is 6.07 Å². The van der Waals surface area contributed by atoms with E-state index in [1.54, 1.807) is 0 Å². The highest BCUT2D eigenvalue weighted by Crippen LogP contribution is 2.11. The average Bonchev–Trinajstić information content (AvgIpc) is 2.56. The number of aromatic nitrogens is 2. The van der Waals surface area contributed by atoms with Crippen molar-refractivity contribution >= 4 is 0 Å². The van der Waals surface area contributed by atoms with Crippen molar-refractivity contribution in [1.82, 2.24) is 15.1 Å². The number of hydrogen-bond donors (Lipinski definition) is 1. The summed E-state index contributed by atoms with van der Waals surface area (Å²) in [6.45, 7) is 7.43. The summed E-state index contributed by atoms with van der Waals surface area (Å²) in [7, 11) is 0. The Balaban J connectivity index is 2.07. The third-order valence-corrected chi connectivity index (χ3v) is 2.45. The second-order valence-electron chi connectivity index (χ2n) is 3.73. The summed E-state index contributed by atoms with van der Waals surface area (Å²) in [6.07, 6.45) is 0. The number of fused-ring (bicyclic) bond motifs is 1. The first kappa shape index (κ1) is 9.68. The van der Waals surface area contributed by atoms with Crippen LogP contribution in [0.4, 0.5) is 0 Å². The van der Waals surface area contributed by atoms with E-state index in [0.717, 1.165) is 25.4 Å². The molecule has 0 saturated heterocycles. The van der Waals surface area contributed by atoms with Gasteiger partial charge in [-0.1, -0.05) is 0 Å². The molecular weight excluding hydrogens is 178 g/mol. The lowest BCUT2D eigenvalue weighted by Gasteiger charge is -2.21. The molecule has 14 heavy (non-hydrogen) atoms. The summed E-state index contributed by atoms with van der Waals surface area (Å²) in [6, 6.07) is 2.64.